The van der Waals surface area contributed by atoms with Crippen LogP contribution in [0.5, 0.6) is 11.5 Å². The Morgan fingerprint density at radius 2 is 2.03 bits per heavy atom. The molecule has 9 nitrogen and oxygen atoms in total. The molecule has 0 aliphatic carbocycles. The Morgan fingerprint density at radius 1 is 1.28 bits per heavy atom. The molecule has 1 aromatic carbocycles. The van der Waals surface area contributed by atoms with Gasteiger partial charge in [0.25, 0.3) is 5.91 Å². The fourth-order valence-electron chi connectivity index (χ4n) is 2.83. The van der Waals surface area contributed by atoms with E-state index in [0.717, 1.165) is 10.5 Å². The van der Waals surface area contributed by atoms with E-state index in [1.54, 1.807) is 25.7 Å². The first kappa shape index (κ1) is 20.6. The maximum atomic E-state index is 12.2. The zero-order valence-electron chi connectivity index (χ0n) is 16.3. The van der Waals surface area contributed by atoms with E-state index in [4.69, 9.17) is 14.2 Å². The summed E-state index contributed by atoms with van der Waals surface area (Å²) in [6, 6.07) is 4.97. The average Bonchev–Trinajstić information content (AvgIpc) is 3.35. The second-order valence-corrected chi connectivity index (χ2v) is 7.10. The molecule has 0 bridgehead atoms. The average molecular weight is 419 g/mol. The number of urea groups is 1. The van der Waals surface area contributed by atoms with Gasteiger partial charge in [0.05, 0.1) is 26.3 Å². The fraction of sp³-hybridized carbons (Fsp3) is 0.368. The molecule has 1 N–H and O–H groups in total. The number of ether oxygens (including phenoxy) is 3. The second-order valence-electron chi connectivity index (χ2n) is 6.24. The lowest BCUT2D eigenvalue weighted by molar-refractivity contribution is -0.156. The van der Waals surface area contributed by atoms with Crippen LogP contribution in [-0.4, -0.2) is 61.2 Å². The van der Waals surface area contributed by atoms with Crippen LogP contribution < -0.4 is 14.8 Å². The zero-order valence-corrected chi connectivity index (χ0v) is 17.1. The van der Waals surface area contributed by atoms with Crippen LogP contribution in [0.15, 0.2) is 23.6 Å². The Hall–Kier alpha value is -3.14. The van der Waals surface area contributed by atoms with E-state index in [1.165, 1.54) is 18.3 Å². The van der Waals surface area contributed by atoms with E-state index in [2.05, 4.69) is 10.3 Å². The summed E-state index contributed by atoms with van der Waals surface area (Å²) in [5.74, 6) is 0.0636. The number of hydrogen-bond acceptors (Lipinski definition) is 8. The third kappa shape index (κ3) is 4.65. The Bertz CT molecular complexity index is 928. The lowest BCUT2D eigenvalue weighted by atomic mass is 10.2. The minimum atomic E-state index is -1.05. The number of rotatable bonds is 7. The molecule has 10 heteroatoms. The topological polar surface area (TPSA) is 107 Å². The summed E-state index contributed by atoms with van der Waals surface area (Å²) >= 11 is 1.38. The van der Waals surface area contributed by atoms with Gasteiger partial charge in [0.2, 0.25) is 0 Å². The number of nitrogens with zero attached hydrogens (tertiary/aromatic N) is 2. The summed E-state index contributed by atoms with van der Waals surface area (Å²) in [6.07, 6.45) is -1.12. The van der Waals surface area contributed by atoms with Gasteiger partial charge < -0.3 is 19.5 Å². The number of methoxy groups -OCH3 is 2. The summed E-state index contributed by atoms with van der Waals surface area (Å²) in [5, 5.41) is 5.00. The van der Waals surface area contributed by atoms with E-state index in [-0.39, 0.29) is 13.0 Å². The number of hydrogen-bond donors (Lipinski definition) is 1. The molecule has 1 atom stereocenters. The van der Waals surface area contributed by atoms with Gasteiger partial charge in [-0.3, -0.25) is 14.5 Å². The molecular formula is C19H21N3O6S. The highest BCUT2D eigenvalue weighted by molar-refractivity contribution is 7.13. The van der Waals surface area contributed by atoms with Crippen molar-refractivity contribution in [3.63, 3.8) is 0 Å². The lowest BCUT2D eigenvalue weighted by Gasteiger charge is -2.17. The van der Waals surface area contributed by atoms with Crippen molar-refractivity contribution in [3.05, 3.63) is 29.3 Å². The van der Waals surface area contributed by atoms with Gasteiger partial charge in [0, 0.05) is 24.0 Å². The molecule has 29 heavy (non-hydrogen) atoms. The molecule has 3 rings (SSSR count). The Balaban J connectivity index is 1.61. The second kappa shape index (κ2) is 8.91. The highest BCUT2D eigenvalue weighted by Crippen LogP contribution is 2.33. The lowest BCUT2D eigenvalue weighted by Crippen LogP contribution is -2.42. The first-order valence-corrected chi connectivity index (χ1v) is 9.76. The van der Waals surface area contributed by atoms with Crippen molar-refractivity contribution in [1.82, 2.24) is 15.2 Å². The monoisotopic (exact) mass is 419 g/mol. The van der Waals surface area contributed by atoms with E-state index < -0.39 is 24.0 Å². The minimum absolute atomic E-state index is 0.0758. The predicted octanol–water partition coefficient (Wildman–Crippen LogP) is 1.85. The van der Waals surface area contributed by atoms with Crippen molar-refractivity contribution in [3.8, 4) is 22.1 Å². The summed E-state index contributed by atoms with van der Waals surface area (Å²) in [4.78, 5) is 41.4. The number of esters is 1. The summed E-state index contributed by atoms with van der Waals surface area (Å²) in [7, 11) is 3.12. The number of thiazole rings is 1. The first-order valence-electron chi connectivity index (χ1n) is 8.88. The highest BCUT2D eigenvalue weighted by Gasteiger charge is 2.31. The van der Waals surface area contributed by atoms with Gasteiger partial charge in [-0.1, -0.05) is 0 Å². The summed E-state index contributed by atoms with van der Waals surface area (Å²) in [5.41, 5.74) is 1.36. The number of amides is 3. The number of benzene rings is 1. The molecule has 1 saturated heterocycles. The highest BCUT2D eigenvalue weighted by atomic mass is 32.1. The Morgan fingerprint density at radius 3 is 2.69 bits per heavy atom. The summed E-state index contributed by atoms with van der Waals surface area (Å²) in [6.45, 7) is 2.10. The molecule has 2 heterocycles. The van der Waals surface area contributed by atoms with Crippen LogP contribution in [0.4, 0.5) is 4.79 Å². The fourth-order valence-corrected chi connectivity index (χ4v) is 3.65. The molecular weight excluding hydrogens is 398 g/mol. The molecule has 0 spiro atoms. The van der Waals surface area contributed by atoms with E-state index in [9.17, 15) is 14.4 Å². The zero-order chi connectivity index (χ0) is 21.0. The van der Waals surface area contributed by atoms with Crippen molar-refractivity contribution in [2.75, 3.05) is 27.3 Å². The van der Waals surface area contributed by atoms with Crippen molar-refractivity contribution in [2.45, 2.75) is 19.4 Å². The van der Waals surface area contributed by atoms with Gasteiger partial charge in [-0.2, -0.15) is 0 Å². The third-order valence-corrected chi connectivity index (χ3v) is 5.23. The standard InChI is InChI=1S/C19H21N3O6S/c1-11(18(24)22-7-6-20-19(22)25)28-16(23)9-13-10-29-17(21-13)12-4-5-14(26-2)15(8-12)27-3/h4-5,8,10-11H,6-7,9H2,1-3H3,(H,20,25)/t11-/m0/s1. The molecule has 0 unspecified atom stereocenters. The Labute approximate surface area is 171 Å². The molecule has 1 aromatic heterocycles. The number of carbonyl (C=O) groups is 3. The van der Waals surface area contributed by atoms with Crippen molar-refractivity contribution < 1.29 is 28.6 Å². The SMILES string of the molecule is COc1ccc(-c2nc(CC(=O)O[C@@H](C)C(=O)N3CCNC3=O)cs2)cc1OC. The number of imide groups is 1. The van der Waals surface area contributed by atoms with Crippen LogP contribution in [0.2, 0.25) is 0 Å². The molecule has 1 aliphatic heterocycles. The van der Waals surface area contributed by atoms with Gasteiger partial charge in [-0.25, -0.2) is 9.78 Å². The first-order chi connectivity index (χ1) is 13.9. The maximum absolute atomic E-state index is 12.2. The molecule has 1 fully saturated rings. The molecule has 3 amide bonds. The van der Waals surface area contributed by atoms with E-state index >= 15 is 0 Å². The molecule has 154 valence electrons. The van der Waals surface area contributed by atoms with E-state index in [0.29, 0.717) is 28.7 Å². The molecule has 0 saturated carbocycles. The van der Waals surface area contributed by atoms with Crippen molar-refractivity contribution in [1.29, 1.82) is 0 Å². The third-order valence-electron chi connectivity index (χ3n) is 4.29. The largest absolute Gasteiger partial charge is 0.493 e. The van der Waals surface area contributed by atoms with Crippen LogP contribution in [0, 0.1) is 0 Å². The molecule has 0 radical (unpaired) electrons. The number of carbonyl (C=O) groups excluding carboxylic acids is 3. The number of nitrogens with one attached hydrogen (secondary N) is 1. The van der Waals surface area contributed by atoms with Crippen LogP contribution in [0.3, 0.4) is 0 Å². The van der Waals surface area contributed by atoms with Crippen molar-refractivity contribution in [2.24, 2.45) is 0 Å². The predicted molar refractivity (Wildman–Crippen MR) is 105 cm³/mol. The van der Waals surface area contributed by atoms with Gasteiger partial charge in [0.1, 0.15) is 5.01 Å². The van der Waals surface area contributed by atoms with Gasteiger partial charge in [0.15, 0.2) is 17.6 Å². The Kier molecular flexibility index (Phi) is 6.32. The smallest absolute Gasteiger partial charge is 0.324 e. The molecule has 2 aromatic rings. The van der Waals surface area contributed by atoms with Crippen LogP contribution >= 0.6 is 11.3 Å². The van der Waals surface area contributed by atoms with Crippen LogP contribution in [0.1, 0.15) is 12.6 Å². The summed E-state index contributed by atoms with van der Waals surface area (Å²) < 4.78 is 15.7. The van der Waals surface area contributed by atoms with E-state index in [1.807, 2.05) is 12.1 Å². The normalized spacial score (nSPS) is 14.3. The number of aromatic nitrogens is 1. The minimum Gasteiger partial charge on any atom is -0.493 e. The maximum Gasteiger partial charge on any atom is 0.324 e. The van der Waals surface area contributed by atoms with Crippen LogP contribution in [-0.2, 0) is 20.7 Å². The van der Waals surface area contributed by atoms with Crippen molar-refractivity contribution >= 4 is 29.2 Å². The van der Waals surface area contributed by atoms with Gasteiger partial charge >= 0.3 is 12.0 Å². The van der Waals surface area contributed by atoms with Gasteiger partial charge in [-0.05, 0) is 25.1 Å². The van der Waals surface area contributed by atoms with Gasteiger partial charge in [-0.15, -0.1) is 11.3 Å². The quantitative estimate of drug-likeness (QED) is 0.683. The van der Waals surface area contributed by atoms with Crippen LogP contribution in [0.25, 0.3) is 10.6 Å². The molecule has 1 aliphatic rings.